The van der Waals surface area contributed by atoms with E-state index in [4.69, 9.17) is 4.52 Å². The first-order valence-corrected chi connectivity index (χ1v) is 9.64. The summed E-state index contributed by atoms with van der Waals surface area (Å²) in [6, 6.07) is 16.1. The van der Waals surface area contributed by atoms with Gasteiger partial charge in [0, 0.05) is 17.5 Å². The molecule has 2 heterocycles. The van der Waals surface area contributed by atoms with E-state index in [1.165, 1.54) is 43.5 Å². The molecule has 1 aliphatic rings. The lowest BCUT2D eigenvalue weighted by molar-refractivity contribution is 0.146. The number of piperidine rings is 1. The summed E-state index contributed by atoms with van der Waals surface area (Å²) in [6.07, 6.45) is 6.95. The Bertz CT molecular complexity index is 846. The van der Waals surface area contributed by atoms with Gasteiger partial charge in [0.1, 0.15) is 5.82 Å². The van der Waals surface area contributed by atoms with Gasteiger partial charge in [-0.05, 0) is 62.9 Å². The second kappa shape index (κ2) is 8.00. The number of hydrogen-bond donors (Lipinski definition) is 0. The highest BCUT2D eigenvalue weighted by molar-refractivity contribution is 5.79. The summed E-state index contributed by atoms with van der Waals surface area (Å²) < 4.78 is 18.5. The summed E-state index contributed by atoms with van der Waals surface area (Å²) in [7, 11) is 0. The zero-order valence-corrected chi connectivity index (χ0v) is 15.0. The van der Waals surface area contributed by atoms with Gasteiger partial charge in [0.05, 0.1) is 5.69 Å². The largest absolute Gasteiger partial charge is 0.356 e. The molecule has 0 saturated carbocycles. The molecule has 0 N–H and O–H groups in total. The van der Waals surface area contributed by atoms with Crippen molar-refractivity contribution in [2.75, 3.05) is 13.1 Å². The highest BCUT2D eigenvalue weighted by Crippen LogP contribution is 2.31. The molecule has 26 heavy (non-hydrogen) atoms. The van der Waals surface area contributed by atoms with Crippen LogP contribution in [0.3, 0.4) is 0 Å². The first kappa shape index (κ1) is 17.2. The fourth-order valence-corrected chi connectivity index (χ4v) is 4.06. The molecule has 0 amide bonds. The number of aromatic nitrogens is 1. The maximum Gasteiger partial charge on any atom is 0.170 e. The zero-order chi connectivity index (χ0) is 17.8. The Balaban J connectivity index is 1.33. The van der Waals surface area contributed by atoms with E-state index >= 15 is 0 Å². The molecule has 136 valence electrons. The number of nitrogens with zero attached hydrogens (tertiary/aromatic N) is 2. The van der Waals surface area contributed by atoms with Crippen molar-refractivity contribution >= 4 is 11.0 Å². The fraction of sp³-hybridized carbons (Fsp3) is 0.409. The van der Waals surface area contributed by atoms with Gasteiger partial charge in [-0.25, -0.2) is 4.39 Å². The van der Waals surface area contributed by atoms with Crippen LogP contribution >= 0.6 is 0 Å². The van der Waals surface area contributed by atoms with Crippen molar-refractivity contribution in [3.8, 4) is 0 Å². The van der Waals surface area contributed by atoms with E-state index in [1.807, 2.05) is 0 Å². The van der Waals surface area contributed by atoms with Crippen LogP contribution in [0.5, 0.6) is 0 Å². The third-order valence-corrected chi connectivity index (χ3v) is 5.42. The van der Waals surface area contributed by atoms with Crippen molar-refractivity contribution in [2.24, 2.45) is 0 Å². The summed E-state index contributed by atoms with van der Waals surface area (Å²) in [6.45, 7) is 2.30. The highest BCUT2D eigenvalue weighted by Gasteiger charge is 2.23. The number of halogens is 1. The number of unbranched alkanes of at least 4 members (excludes halogenated alkanes) is 1. The minimum atomic E-state index is -0.280. The van der Waals surface area contributed by atoms with Crippen molar-refractivity contribution in [3.63, 3.8) is 0 Å². The quantitative estimate of drug-likeness (QED) is 0.547. The monoisotopic (exact) mass is 352 g/mol. The van der Waals surface area contributed by atoms with Crippen molar-refractivity contribution in [1.82, 2.24) is 10.1 Å². The highest BCUT2D eigenvalue weighted by atomic mass is 19.1. The topological polar surface area (TPSA) is 29.3 Å². The molecule has 1 saturated heterocycles. The van der Waals surface area contributed by atoms with Crippen LogP contribution in [0, 0.1) is 5.82 Å². The van der Waals surface area contributed by atoms with Gasteiger partial charge in [0.15, 0.2) is 5.58 Å². The Hall–Kier alpha value is -2.20. The maximum absolute atomic E-state index is 13.2. The van der Waals surface area contributed by atoms with Crippen LogP contribution in [-0.2, 0) is 6.42 Å². The van der Waals surface area contributed by atoms with Crippen LogP contribution in [0.4, 0.5) is 4.39 Å². The number of rotatable bonds is 6. The standard InChI is InChI=1S/C22H25FN2O/c23-18-12-13-19-20(24-26-22(19)16-18)10-4-6-14-25-15-7-5-11-21(25)17-8-2-1-3-9-17/h1-3,8-9,12-13,16,21H,4-7,10-11,14-15H2. The minimum absolute atomic E-state index is 0.280. The Morgan fingerprint density at radius 1 is 1.08 bits per heavy atom. The maximum atomic E-state index is 13.2. The summed E-state index contributed by atoms with van der Waals surface area (Å²) in [5.41, 5.74) is 2.93. The lowest BCUT2D eigenvalue weighted by Crippen LogP contribution is -2.34. The van der Waals surface area contributed by atoms with Crippen molar-refractivity contribution in [2.45, 2.75) is 44.6 Å². The number of hydrogen-bond acceptors (Lipinski definition) is 3. The number of aryl methyl sites for hydroxylation is 1. The lowest BCUT2D eigenvalue weighted by atomic mass is 9.95. The average molecular weight is 352 g/mol. The first-order valence-electron chi connectivity index (χ1n) is 9.64. The number of likely N-dealkylation sites (tertiary alicyclic amines) is 1. The molecule has 3 aromatic rings. The summed E-state index contributed by atoms with van der Waals surface area (Å²) >= 11 is 0. The molecule has 3 nitrogen and oxygen atoms in total. The van der Waals surface area contributed by atoms with Crippen LogP contribution in [0.1, 0.15) is 49.4 Å². The van der Waals surface area contributed by atoms with E-state index in [0.29, 0.717) is 11.6 Å². The Labute approximate surface area is 153 Å². The summed E-state index contributed by atoms with van der Waals surface area (Å²) in [4.78, 5) is 2.63. The Morgan fingerprint density at radius 3 is 2.85 bits per heavy atom. The predicted molar refractivity (Wildman–Crippen MR) is 102 cm³/mol. The van der Waals surface area contributed by atoms with Crippen LogP contribution < -0.4 is 0 Å². The lowest BCUT2D eigenvalue weighted by Gasteiger charge is -2.36. The molecule has 4 rings (SSSR count). The van der Waals surface area contributed by atoms with Gasteiger partial charge in [0.25, 0.3) is 0 Å². The molecule has 0 radical (unpaired) electrons. The molecule has 1 unspecified atom stereocenters. The molecule has 1 aliphatic heterocycles. The van der Waals surface area contributed by atoms with Crippen molar-refractivity contribution in [1.29, 1.82) is 0 Å². The van der Waals surface area contributed by atoms with Gasteiger partial charge in [-0.3, -0.25) is 4.90 Å². The molecule has 2 aromatic carbocycles. The van der Waals surface area contributed by atoms with Gasteiger partial charge >= 0.3 is 0 Å². The molecular weight excluding hydrogens is 327 g/mol. The third-order valence-electron chi connectivity index (χ3n) is 5.42. The van der Waals surface area contributed by atoms with Crippen LogP contribution in [0.15, 0.2) is 53.1 Å². The van der Waals surface area contributed by atoms with E-state index in [2.05, 4.69) is 40.4 Å². The Morgan fingerprint density at radius 2 is 1.96 bits per heavy atom. The molecule has 1 fully saturated rings. The van der Waals surface area contributed by atoms with Gasteiger partial charge in [-0.15, -0.1) is 0 Å². The van der Waals surface area contributed by atoms with Gasteiger partial charge in [-0.2, -0.15) is 0 Å². The number of benzene rings is 2. The van der Waals surface area contributed by atoms with E-state index in [1.54, 1.807) is 6.07 Å². The predicted octanol–water partition coefficient (Wildman–Crippen LogP) is 5.52. The fourth-order valence-electron chi connectivity index (χ4n) is 4.06. The second-order valence-corrected chi connectivity index (χ2v) is 7.19. The Kier molecular flexibility index (Phi) is 5.30. The third kappa shape index (κ3) is 3.80. The number of fused-ring (bicyclic) bond motifs is 1. The van der Waals surface area contributed by atoms with Gasteiger partial charge < -0.3 is 4.52 Å². The van der Waals surface area contributed by atoms with Gasteiger partial charge in [-0.1, -0.05) is 41.9 Å². The van der Waals surface area contributed by atoms with Crippen LogP contribution in [0.2, 0.25) is 0 Å². The average Bonchev–Trinajstić information content (AvgIpc) is 3.08. The first-order chi connectivity index (χ1) is 12.8. The van der Waals surface area contributed by atoms with Crippen molar-refractivity contribution < 1.29 is 8.91 Å². The molecule has 0 aliphatic carbocycles. The molecule has 0 spiro atoms. The normalized spacial score (nSPS) is 18.4. The van der Waals surface area contributed by atoms with E-state index in [0.717, 1.165) is 36.9 Å². The van der Waals surface area contributed by atoms with E-state index < -0.39 is 0 Å². The smallest absolute Gasteiger partial charge is 0.170 e. The SMILES string of the molecule is Fc1ccc2c(CCCCN3CCCCC3c3ccccc3)noc2c1. The molecule has 0 bridgehead atoms. The molecular formula is C22H25FN2O. The van der Waals surface area contributed by atoms with E-state index in [9.17, 15) is 4.39 Å². The summed E-state index contributed by atoms with van der Waals surface area (Å²) in [5.74, 6) is -0.280. The zero-order valence-electron chi connectivity index (χ0n) is 15.0. The van der Waals surface area contributed by atoms with Crippen LogP contribution in [0.25, 0.3) is 11.0 Å². The second-order valence-electron chi connectivity index (χ2n) is 7.19. The minimum Gasteiger partial charge on any atom is -0.356 e. The van der Waals surface area contributed by atoms with Crippen molar-refractivity contribution in [3.05, 3.63) is 65.6 Å². The summed E-state index contributed by atoms with van der Waals surface area (Å²) in [5, 5.41) is 5.06. The van der Waals surface area contributed by atoms with Crippen LogP contribution in [-0.4, -0.2) is 23.1 Å². The molecule has 4 heteroatoms. The molecule has 1 atom stereocenters. The molecule has 1 aromatic heterocycles. The van der Waals surface area contributed by atoms with Gasteiger partial charge in [0.2, 0.25) is 0 Å². The van der Waals surface area contributed by atoms with E-state index in [-0.39, 0.29) is 5.82 Å².